The molecule has 0 spiro atoms. The van der Waals surface area contributed by atoms with E-state index in [1.807, 2.05) is 19.1 Å². The molecule has 2 unspecified atom stereocenters. The van der Waals surface area contributed by atoms with Crippen LogP contribution in [0.4, 0.5) is 19.1 Å². The summed E-state index contributed by atoms with van der Waals surface area (Å²) in [7, 11) is 0. The second-order valence-corrected chi connectivity index (χ2v) is 7.29. The molecule has 0 fully saturated rings. The monoisotopic (exact) mass is 439 g/mol. The average Bonchev–Trinajstić information content (AvgIpc) is 3.18. The van der Waals surface area contributed by atoms with Gasteiger partial charge in [0.05, 0.1) is 5.57 Å². The molecule has 1 amide bonds. The van der Waals surface area contributed by atoms with Gasteiger partial charge in [-0.05, 0) is 30.2 Å². The summed E-state index contributed by atoms with van der Waals surface area (Å²) in [5.74, 6) is -0.818. The van der Waals surface area contributed by atoms with Gasteiger partial charge in [0.15, 0.2) is 6.04 Å². The molecule has 3 rings (SSSR count). The van der Waals surface area contributed by atoms with E-state index in [-0.39, 0.29) is 18.4 Å². The van der Waals surface area contributed by atoms with Crippen molar-refractivity contribution in [3.63, 3.8) is 0 Å². The quantitative estimate of drug-likeness (QED) is 0.683. The Hall–Kier alpha value is -2.65. The van der Waals surface area contributed by atoms with E-state index >= 15 is 0 Å². The van der Waals surface area contributed by atoms with Crippen LogP contribution in [-0.4, -0.2) is 34.6 Å². The van der Waals surface area contributed by atoms with Crippen LogP contribution in [0.25, 0.3) is 0 Å². The maximum atomic E-state index is 13.5. The molecule has 1 aliphatic rings. The van der Waals surface area contributed by atoms with Crippen molar-refractivity contribution < 1.29 is 18.0 Å². The van der Waals surface area contributed by atoms with Gasteiger partial charge in [-0.2, -0.15) is 13.2 Å². The summed E-state index contributed by atoms with van der Waals surface area (Å²) in [4.78, 5) is 20.5. The predicted octanol–water partition coefficient (Wildman–Crippen LogP) is 3.97. The van der Waals surface area contributed by atoms with E-state index in [0.717, 1.165) is 29.6 Å². The van der Waals surface area contributed by atoms with Gasteiger partial charge in [-0.1, -0.05) is 37.1 Å². The number of carbonyl (C=O) groups excluding carboxylic acids is 1. The summed E-state index contributed by atoms with van der Waals surface area (Å²) in [6.07, 6.45) is 0.856. The van der Waals surface area contributed by atoms with Crippen molar-refractivity contribution in [1.82, 2.24) is 20.7 Å². The highest BCUT2D eigenvalue weighted by Gasteiger charge is 2.48. The Morgan fingerprint density at radius 3 is 2.53 bits per heavy atom. The molecule has 2 atom stereocenters. The van der Waals surface area contributed by atoms with Crippen molar-refractivity contribution in [2.24, 2.45) is 0 Å². The van der Waals surface area contributed by atoms with Gasteiger partial charge < -0.3 is 5.32 Å². The average molecular weight is 440 g/mol. The van der Waals surface area contributed by atoms with E-state index in [0.29, 0.717) is 5.02 Å². The highest BCUT2D eigenvalue weighted by molar-refractivity contribution is 6.30. The summed E-state index contributed by atoms with van der Waals surface area (Å²) < 4.78 is 40.6. The highest BCUT2D eigenvalue weighted by atomic mass is 35.5. The minimum absolute atomic E-state index is 0.0135. The molecule has 1 aromatic heterocycles. The molecule has 0 aliphatic carbocycles. The third-order valence-corrected chi connectivity index (χ3v) is 4.94. The Morgan fingerprint density at radius 1 is 1.27 bits per heavy atom. The lowest BCUT2D eigenvalue weighted by Gasteiger charge is -2.22. The number of anilines is 1. The number of hydrogen-bond donors (Lipinski definition) is 2. The number of hydrogen-bond acceptors (Lipinski definition) is 5. The summed E-state index contributed by atoms with van der Waals surface area (Å²) in [5, 5.41) is 4.25. The van der Waals surface area contributed by atoms with Gasteiger partial charge in [0, 0.05) is 36.1 Å². The molecule has 6 nitrogen and oxygen atoms in total. The van der Waals surface area contributed by atoms with Crippen LogP contribution in [0.2, 0.25) is 5.02 Å². The van der Waals surface area contributed by atoms with Gasteiger partial charge in [-0.25, -0.2) is 20.4 Å². The Balaban J connectivity index is 1.75. The Labute approximate surface area is 177 Å². The molecular weight excluding hydrogens is 419 g/mol. The van der Waals surface area contributed by atoms with Crippen LogP contribution in [0.1, 0.15) is 31.2 Å². The van der Waals surface area contributed by atoms with Gasteiger partial charge in [0.2, 0.25) is 5.95 Å². The molecule has 30 heavy (non-hydrogen) atoms. The lowest BCUT2D eigenvalue weighted by Crippen LogP contribution is -2.48. The molecule has 2 aromatic rings. The fraction of sp³-hybridized carbons (Fsp3) is 0.350. The fourth-order valence-corrected chi connectivity index (χ4v) is 3.34. The van der Waals surface area contributed by atoms with Crippen LogP contribution in [0.3, 0.4) is 0 Å². The summed E-state index contributed by atoms with van der Waals surface area (Å²) >= 11 is 5.92. The molecule has 2 N–H and O–H groups in total. The van der Waals surface area contributed by atoms with Gasteiger partial charge in [0.1, 0.15) is 0 Å². The van der Waals surface area contributed by atoms with Crippen molar-refractivity contribution in [2.75, 3.05) is 11.6 Å². The molecule has 160 valence electrons. The molecule has 0 bridgehead atoms. The Bertz CT molecular complexity index is 890. The van der Waals surface area contributed by atoms with E-state index < -0.39 is 23.7 Å². The van der Waals surface area contributed by atoms with Gasteiger partial charge in [-0.3, -0.25) is 4.79 Å². The van der Waals surface area contributed by atoms with Crippen molar-refractivity contribution in [3.8, 4) is 0 Å². The number of amides is 1. The van der Waals surface area contributed by atoms with E-state index in [4.69, 9.17) is 11.6 Å². The minimum Gasteiger partial charge on any atom is -0.352 e. The summed E-state index contributed by atoms with van der Waals surface area (Å²) in [6.45, 7) is 2.21. The molecular formula is C20H21ClF3N5O. The minimum atomic E-state index is -4.66. The Kier molecular flexibility index (Phi) is 6.94. The second-order valence-electron chi connectivity index (χ2n) is 6.85. The third-order valence-electron chi connectivity index (χ3n) is 4.69. The van der Waals surface area contributed by atoms with E-state index in [1.54, 1.807) is 18.2 Å². The van der Waals surface area contributed by atoms with Crippen molar-refractivity contribution >= 4 is 23.5 Å². The van der Waals surface area contributed by atoms with E-state index in [1.165, 1.54) is 12.4 Å². The van der Waals surface area contributed by atoms with Crippen LogP contribution >= 0.6 is 11.6 Å². The number of halogens is 4. The lowest BCUT2D eigenvalue weighted by molar-refractivity contribution is -0.149. The largest absolute Gasteiger partial charge is 0.409 e. The number of nitrogens with zero attached hydrogens (tertiary/aromatic N) is 3. The lowest BCUT2D eigenvalue weighted by atomic mass is 9.94. The van der Waals surface area contributed by atoms with Crippen LogP contribution in [0.5, 0.6) is 0 Å². The van der Waals surface area contributed by atoms with Gasteiger partial charge in [0.25, 0.3) is 5.91 Å². The first-order chi connectivity index (χ1) is 14.3. The van der Waals surface area contributed by atoms with Crippen LogP contribution in [0, 0.1) is 0 Å². The SMILES string of the molecule is CCCC(CNC(=O)C1=CN(c2ncccn2)NC1C(F)(F)F)c1ccc(Cl)cc1. The second kappa shape index (κ2) is 9.44. The molecule has 10 heteroatoms. The fourth-order valence-electron chi connectivity index (χ4n) is 3.22. The summed E-state index contributed by atoms with van der Waals surface area (Å²) in [5.41, 5.74) is 2.77. The third kappa shape index (κ3) is 5.28. The molecule has 1 aromatic carbocycles. The number of aromatic nitrogens is 2. The first kappa shape index (κ1) is 22.0. The topological polar surface area (TPSA) is 70.2 Å². The molecule has 2 heterocycles. The maximum absolute atomic E-state index is 13.5. The smallest absolute Gasteiger partial charge is 0.352 e. The number of alkyl halides is 3. The zero-order valence-corrected chi connectivity index (χ0v) is 16.9. The first-order valence-electron chi connectivity index (χ1n) is 9.44. The highest BCUT2D eigenvalue weighted by Crippen LogP contribution is 2.31. The Morgan fingerprint density at radius 2 is 1.93 bits per heavy atom. The van der Waals surface area contributed by atoms with Crippen molar-refractivity contribution in [2.45, 2.75) is 37.9 Å². The first-order valence-corrected chi connectivity index (χ1v) is 9.82. The van der Waals surface area contributed by atoms with Crippen LogP contribution in [0.15, 0.2) is 54.5 Å². The molecule has 0 saturated heterocycles. The standard InChI is InChI=1S/C20H21ClF3N5O/c1-2-4-14(13-5-7-15(21)8-6-13)11-27-18(30)16-12-29(19-25-9-3-10-26-19)28-17(16)20(22,23)24/h3,5-10,12,14,17,28H,2,4,11H2,1H3,(H,27,30). The van der Waals surface area contributed by atoms with Crippen LogP contribution in [-0.2, 0) is 4.79 Å². The zero-order valence-electron chi connectivity index (χ0n) is 16.2. The number of benzene rings is 1. The number of nitrogens with one attached hydrogen (secondary N) is 2. The molecule has 1 aliphatic heterocycles. The number of carbonyl (C=O) groups is 1. The number of hydrazine groups is 1. The van der Waals surface area contributed by atoms with Gasteiger partial charge in [-0.15, -0.1) is 0 Å². The number of rotatable bonds is 7. The van der Waals surface area contributed by atoms with E-state index in [9.17, 15) is 18.0 Å². The van der Waals surface area contributed by atoms with Crippen molar-refractivity contribution in [3.05, 3.63) is 65.1 Å². The molecule has 0 radical (unpaired) electrons. The molecule has 0 saturated carbocycles. The maximum Gasteiger partial charge on any atom is 0.409 e. The van der Waals surface area contributed by atoms with Gasteiger partial charge >= 0.3 is 6.18 Å². The van der Waals surface area contributed by atoms with Crippen molar-refractivity contribution in [1.29, 1.82) is 0 Å². The zero-order chi connectivity index (χ0) is 21.7. The predicted molar refractivity (Wildman–Crippen MR) is 108 cm³/mol. The normalized spacial score (nSPS) is 17.6. The summed E-state index contributed by atoms with van der Waals surface area (Å²) in [6, 6.07) is 6.62. The van der Waals surface area contributed by atoms with E-state index in [2.05, 4.69) is 20.7 Å². The van der Waals surface area contributed by atoms with Crippen LogP contribution < -0.4 is 15.8 Å².